The molecule has 0 aliphatic carbocycles. The van der Waals surface area contributed by atoms with Gasteiger partial charge in [0.05, 0.1) is 18.3 Å². The summed E-state index contributed by atoms with van der Waals surface area (Å²) in [5.74, 6) is 0. The summed E-state index contributed by atoms with van der Waals surface area (Å²) in [5.41, 5.74) is 6.14. The van der Waals surface area contributed by atoms with Gasteiger partial charge in [-0.05, 0) is 0 Å². The number of nitrogens with zero attached hydrogens (tertiary/aromatic N) is 5. The van der Waals surface area contributed by atoms with Crippen LogP contribution in [0.4, 0.5) is 4.79 Å². The van der Waals surface area contributed by atoms with Crippen LogP contribution in [-0.4, -0.2) is 78.8 Å². The normalized spacial score (nSPS) is 23.0. The van der Waals surface area contributed by atoms with E-state index in [2.05, 4.69) is 14.2 Å². The number of urea groups is 1. The zero-order valence-corrected chi connectivity index (χ0v) is 15.3. The molecule has 0 aromatic carbocycles. The molecule has 0 radical (unpaired) electrons. The maximum Gasteiger partial charge on any atom is 0.418 e. The minimum absolute atomic E-state index is 0.00390. The molecule has 2 amide bonds. The monoisotopic (exact) mass is 411 g/mol. The first-order valence-corrected chi connectivity index (χ1v) is 10.0. The van der Waals surface area contributed by atoms with Crippen molar-refractivity contribution in [3.63, 3.8) is 0 Å². The van der Waals surface area contributed by atoms with Crippen LogP contribution >= 0.6 is 0 Å². The lowest BCUT2D eigenvalue weighted by Crippen LogP contribution is -2.40. The number of nitrogens with one attached hydrogen (secondary N) is 1. The Morgan fingerprint density at radius 2 is 2.08 bits per heavy atom. The number of carbonyl (C=O) groups excluding carboxylic acids is 1. The number of hydrazine groups is 1. The maximum atomic E-state index is 12.4. The minimum Gasteiger partial charge on any atom is -0.328 e. The smallest absolute Gasteiger partial charge is 0.328 e. The molecule has 1 fully saturated rings. The molecule has 3 rings (SSSR count). The van der Waals surface area contributed by atoms with Gasteiger partial charge in [0, 0.05) is 32.4 Å². The van der Waals surface area contributed by atoms with Gasteiger partial charge in [-0.25, -0.2) is 9.80 Å². The first kappa shape index (κ1) is 19.0. The SMILES string of the molecule is CN(C)NS(=O)(=O)n1cc2c(n1)[C@@H](CN)N1C[C@H]2N(OS(=O)(=O)O)C1=O. The number of rotatable bonds is 6. The average Bonchev–Trinajstić information content (AvgIpc) is 3.03. The second kappa shape index (κ2) is 6.12. The van der Waals surface area contributed by atoms with Gasteiger partial charge in [-0.15, -0.1) is 9.11 Å². The van der Waals surface area contributed by atoms with E-state index in [1.807, 2.05) is 0 Å². The van der Waals surface area contributed by atoms with E-state index < -0.39 is 38.7 Å². The number of hydrogen-bond donors (Lipinski definition) is 3. The van der Waals surface area contributed by atoms with E-state index in [1.165, 1.54) is 24.0 Å². The molecule has 0 spiro atoms. The Balaban J connectivity index is 2.07. The third-order valence-electron chi connectivity index (χ3n) is 3.83. The summed E-state index contributed by atoms with van der Waals surface area (Å²) in [6.45, 7) is -0.0839. The van der Waals surface area contributed by atoms with E-state index in [9.17, 15) is 21.6 Å². The molecule has 0 saturated carbocycles. The fraction of sp³-hybridized carbons (Fsp3) is 0.600. The highest BCUT2D eigenvalue weighted by atomic mass is 32.3. The summed E-state index contributed by atoms with van der Waals surface area (Å²) in [7, 11) is -6.08. The lowest BCUT2D eigenvalue weighted by molar-refractivity contribution is -0.0317. The summed E-state index contributed by atoms with van der Waals surface area (Å²) >= 11 is 0. The number of fused-ring (bicyclic) bond motifs is 4. The van der Waals surface area contributed by atoms with Crippen molar-refractivity contribution >= 4 is 26.6 Å². The molecule has 14 nitrogen and oxygen atoms in total. The van der Waals surface area contributed by atoms with Gasteiger partial charge in [0.15, 0.2) is 0 Å². The predicted molar refractivity (Wildman–Crippen MR) is 84.5 cm³/mol. The number of aromatic nitrogens is 2. The Labute approximate surface area is 149 Å². The molecule has 2 atom stereocenters. The van der Waals surface area contributed by atoms with Crippen LogP contribution in [0.15, 0.2) is 6.20 Å². The number of nitrogens with two attached hydrogens (primary N) is 1. The predicted octanol–water partition coefficient (Wildman–Crippen LogP) is -2.43. The minimum atomic E-state index is -4.96. The first-order chi connectivity index (χ1) is 11.9. The standard InChI is InChI=1S/C10H17N7O7S2/c1-14(2)13-25(19,20)16-4-6-8-5-15(7(3-11)9(6)12-16)10(18)17(8)24-26(21,22)23/h4,7-8,13H,3,5,11H2,1-2H3,(H,21,22,23)/t7-,8-/m1/s1. The Bertz CT molecular complexity index is 941. The summed E-state index contributed by atoms with van der Waals surface area (Å²) in [5, 5.41) is 5.66. The molecule has 1 aromatic rings. The fourth-order valence-corrected chi connectivity index (χ4v) is 4.31. The van der Waals surface area contributed by atoms with E-state index in [1.54, 1.807) is 0 Å². The largest absolute Gasteiger partial charge is 0.418 e. The molecule has 3 heterocycles. The van der Waals surface area contributed by atoms with Gasteiger partial charge in [-0.2, -0.15) is 31.1 Å². The molecular weight excluding hydrogens is 394 g/mol. The average molecular weight is 411 g/mol. The topological polar surface area (TPSA) is 180 Å². The van der Waals surface area contributed by atoms with Gasteiger partial charge in [0.1, 0.15) is 6.04 Å². The number of carbonyl (C=O) groups is 1. The second-order valence-electron chi connectivity index (χ2n) is 5.86. The molecule has 1 aromatic heterocycles. The van der Waals surface area contributed by atoms with Gasteiger partial charge in [-0.1, -0.05) is 0 Å². The number of hydroxylamine groups is 2. The molecule has 1 saturated heterocycles. The summed E-state index contributed by atoms with van der Waals surface area (Å²) in [6, 6.07) is -2.59. The van der Waals surface area contributed by atoms with E-state index in [4.69, 9.17) is 10.3 Å². The molecule has 26 heavy (non-hydrogen) atoms. The van der Waals surface area contributed by atoms with Crippen molar-refractivity contribution in [1.82, 2.24) is 29.0 Å². The highest BCUT2D eigenvalue weighted by molar-refractivity contribution is 7.87. The molecule has 0 unspecified atom stereocenters. The van der Waals surface area contributed by atoms with Crippen molar-refractivity contribution in [2.45, 2.75) is 12.1 Å². The first-order valence-electron chi connectivity index (χ1n) is 7.21. The van der Waals surface area contributed by atoms with Crippen LogP contribution in [0.1, 0.15) is 23.3 Å². The highest BCUT2D eigenvalue weighted by Gasteiger charge is 2.51. The van der Waals surface area contributed by atoms with E-state index in [0.717, 1.165) is 6.20 Å². The van der Waals surface area contributed by atoms with Gasteiger partial charge < -0.3 is 10.6 Å². The summed E-state index contributed by atoms with van der Waals surface area (Å²) in [4.78, 5) is 15.7. The fourth-order valence-electron chi connectivity index (χ4n) is 2.94. The van der Waals surface area contributed by atoms with Crippen LogP contribution in [-0.2, 0) is 24.9 Å². The molecule has 2 bridgehead atoms. The number of amides is 2. The van der Waals surface area contributed by atoms with Crippen molar-refractivity contribution in [2.24, 2.45) is 5.73 Å². The van der Waals surface area contributed by atoms with Crippen LogP contribution in [0.2, 0.25) is 0 Å². The quantitative estimate of drug-likeness (QED) is 0.336. The lowest BCUT2D eigenvalue weighted by atomic mass is 9.98. The summed E-state index contributed by atoms with van der Waals surface area (Å²) < 4.78 is 60.6. The van der Waals surface area contributed by atoms with E-state index >= 15 is 0 Å². The van der Waals surface area contributed by atoms with E-state index in [-0.39, 0.29) is 24.3 Å². The van der Waals surface area contributed by atoms with Crippen molar-refractivity contribution in [3.05, 3.63) is 17.5 Å². The van der Waals surface area contributed by atoms with Crippen molar-refractivity contribution < 1.29 is 30.5 Å². The van der Waals surface area contributed by atoms with Crippen LogP contribution < -0.4 is 10.6 Å². The molecule has 16 heteroatoms. The Morgan fingerprint density at radius 3 is 2.62 bits per heavy atom. The summed E-state index contributed by atoms with van der Waals surface area (Å²) in [6.07, 6.45) is 1.14. The number of hydrogen-bond acceptors (Lipinski definition) is 9. The van der Waals surface area contributed by atoms with Crippen molar-refractivity contribution in [2.75, 3.05) is 27.2 Å². The Hall–Kier alpha value is -1.82. The second-order valence-corrected chi connectivity index (χ2v) is 8.37. The van der Waals surface area contributed by atoms with Crippen LogP contribution in [0.3, 0.4) is 0 Å². The van der Waals surface area contributed by atoms with Gasteiger partial charge in [-0.3, -0.25) is 4.55 Å². The third-order valence-corrected chi connectivity index (χ3v) is 5.46. The molecule has 4 N–H and O–H groups in total. The molecule has 2 aliphatic heterocycles. The van der Waals surface area contributed by atoms with E-state index in [0.29, 0.717) is 9.15 Å². The Kier molecular flexibility index (Phi) is 4.46. The Morgan fingerprint density at radius 1 is 1.42 bits per heavy atom. The lowest BCUT2D eigenvalue weighted by Gasteiger charge is -2.28. The van der Waals surface area contributed by atoms with Crippen molar-refractivity contribution in [3.8, 4) is 0 Å². The third kappa shape index (κ3) is 3.15. The molecule has 146 valence electrons. The zero-order chi connectivity index (χ0) is 19.4. The van der Waals surface area contributed by atoms with Crippen molar-refractivity contribution in [1.29, 1.82) is 0 Å². The molecular formula is C10H17N7O7S2. The molecule has 2 aliphatic rings. The van der Waals surface area contributed by atoms with Crippen LogP contribution in [0.5, 0.6) is 0 Å². The maximum absolute atomic E-state index is 12.4. The van der Waals surface area contributed by atoms with Gasteiger partial charge in [0.25, 0.3) is 0 Å². The van der Waals surface area contributed by atoms with Crippen LogP contribution in [0.25, 0.3) is 0 Å². The van der Waals surface area contributed by atoms with Gasteiger partial charge in [0.2, 0.25) is 0 Å². The zero-order valence-electron chi connectivity index (χ0n) is 13.7. The van der Waals surface area contributed by atoms with Gasteiger partial charge >= 0.3 is 26.6 Å². The highest BCUT2D eigenvalue weighted by Crippen LogP contribution is 2.43. The van der Waals surface area contributed by atoms with Crippen LogP contribution in [0, 0.1) is 0 Å².